The Labute approximate surface area is 345 Å². The summed E-state index contributed by atoms with van der Waals surface area (Å²) in [4.78, 5) is 12.8. The van der Waals surface area contributed by atoms with Crippen molar-refractivity contribution >= 4 is 28.1 Å². The van der Waals surface area contributed by atoms with Crippen LogP contribution in [0.2, 0.25) is 0 Å². The molecule has 9 aromatic carbocycles. The number of benzene rings is 9. The Balaban J connectivity index is 1.19. The van der Waals surface area contributed by atoms with Gasteiger partial charge in [0.2, 0.25) is 0 Å². The van der Waals surface area contributed by atoms with Crippen molar-refractivity contribution in [1.29, 1.82) is 0 Å². The van der Waals surface area contributed by atoms with Gasteiger partial charge in [0.25, 0.3) is 0 Å². The van der Waals surface area contributed by atoms with Gasteiger partial charge in [0.05, 0.1) is 33.8 Å². The molecule has 3 heteroatoms. The summed E-state index contributed by atoms with van der Waals surface area (Å²) < 4.78 is 0. The van der Waals surface area contributed by atoms with Crippen LogP contribution in [0.3, 0.4) is 0 Å². The van der Waals surface area contributed by atoms with Crippen LogP contribution in [-0.2, 0) is 0 Å². The minimum Gasteiger partial charge on any atom is -0.309 e. The summed E-state index contributed by atoms with van der Waals surface area (Å²) in [5.74, 6) is 0. The number of para-hydroxylation sites is 4. The second-order valence-corrected chi connectivity index (χ2v) is 14.5. The molecule has 59 heavy (non-hydrogen) atoms. The largest absolute Gasteiger partial charge is 0.309 e. The van der Waals surface area contributed by atoms with E-state index in [-0.39, 0.29) is 0 Å². The quantitative estimate of drug-likeness (QED) is 0.147. The third-order valence-electron chi connectivity index (χ3n) is 10.9. The number of anilines is 3. The van der Waals surface area contributed by atoms with Gasteiger partial charge in [-0.05, 0) is 69.8 Å². The summed E-state index contributed by atoms with van der Waals surface area (Å²) in [6, 6.07) is 83.6. The van der Waals surface area contributed by atoms with Crippen LogP contribution < -0.4 is 4.90 Å². The van der Waals surface area contributed by atoms with Crippen LogP contribution in [-0.4, -0.2) is 9.97 Å². The molecule has 10 aromatic rings. The molecule has 0 bridgehead atoms. The maximum absolute atomic E-state index is 5.22. The van der Waals surface area contributed by atoms with Crippen LogP contribution >= 0.6 is 0 Å². The molecule has 0 aliphatic heterocycles. The maximum atomic E-state index is 5.22. The highest BCUT2D eigenvalue weighted by molar-refractivity contribution is 5.99. The number of hydrogen-bond acceptors (Lipinski definition) is 3. The first-order chi connectivity index (χ1) is 29.3. The molecule has 10 rings (SSSR count). The standard InChI is InChI=1S/C56H39N3/c1-4-20-40(21-5-1)45-26-10-12-28-47(45)49-30-14-18-34-53(49)59(54-35-19-15-31-50(54)48-29-13-11-27-46(48)41-22-6-2-7-23-41)44-38-36-43(37-39-44)56-55(42-24-8-3-9-25-42)57-51-32-16-17-33-52(51)58-56/h1-39H. The molecule has 0 atom stereocenters. The molecule has 0 unspecified atom stereocenters. The Kier molecular flexibility index (Phi) is 9.59. The zero-order valence-electron chi connectivity index (χ0n) is 32.4. The van der Waals surface area contributed by atoms with Crippen molar-refractivity contribution in [2.45, 2.75) is 0 Å². The zero-order chi connectivity index (χ0) is 39.4. The maximum Gasteiger partial charge on any atom is 0.0973 e. The topological polar surface area (TPSA) is 29.0 Å². The van der Waals surface area contributed by atoms with Gasteiger partial charge in [0.15, 0.2) is 0 Å². The predicted octanol–water partition coefficient (Wildman–Crippen LogP) is 15.1. The van der Waals surface area contributed by atoms with Crippen molar-refractivity contribution in [3.8, 4) is 67.0 Å². The van der Waals surface area contributed by atoms with Gasteiger partial charge in [-0.2, -0.15) is 0 Å². The molecule has 0 N–H and O–H groups in total. The molecule has 0 saturated heterocycles. The zero-order valence-corrected chi connectivity index (χ0v) is 32.4. The lowest BCUT2D eigenvalue weighted by atomic mass is 9.91. The molecular weight excluding hydrogens is 715 g/mol. The molecule has 0 aliphatic carbocycles. The fraction of sp³-hybridized carbons (Fsp3) is 0. The smallest absolute Gasteiger partial charge is 0.0973 e. The van der Waals surface area contributed by atoms with Gasteiger partial charge in [-0.25, -0.2) is 9.97 Å². The van der Waals surface area contributed by atoms with Gasteiger partial charge in [0, 0.05) is 27.9 Å². The number of aromatic nitrogens is 2. The molecule has 1 heterocycles. The molecular formula is C56H39N3. The van der Waals surface area contributed by atoms with E-state index in [0.29, 0.717) is 0 Å². The second-order valence-electron chi connectivity index (χ2n) is 14.5. The minimum atomic E-state index is 0.849. The minimum absolute atomic E-state index is 0.849. The van der Waals surface area contributed by atoms with Crippen molar-refractivity contribution in [3.63, 3.8) is 0 Å². The molecule has 278 valence electrons. The normalized spacial score (nSPS) is 11.1. The number of nitrogens with zero attached hydrogens (tertiary/aromatic N) is 3. The summed E-state index contributed by atoms with van der Waals surface area (Å²) in [5.41, 5.74) is 18.0. The number of hydrogen-bond donors (Lipinski definition) is 0. The Hall–Kier alpha value is -7.88. The highest BCUT2D eigenvalue weighted by Crippen LogP contribution is 2.48. The van der Waals surface area contributed by atoms with E-state index >= 15 is 0 Å². The highest BCUT2D eigenvalue weighted by Gasteiger charge is 2.23. The van der Waals surface area contributed by atoms with Gasteiger partial charge in [0.1, 0.15) is 0 Å². The first-order valence-corrected chi connectivity index (χ1v) is 20.0. The second kappa shape index (κ2) is 15.9. The van der Waals surface area contributed by atoms with E-state index < -0.39 is 0 Å². The fourth-order valence-corrected chi connectivity index (χ4v) is 8.14. The van der Waals surface area contributed by atoms with Crippen LogP contribution in [0.4, 0.5) is 17.1 Å². The summed E-state index contributed by atoms with van der Waals surface area (Å²) in [5, 5.41) is 0. The molecule has 0 amide bonds. The first kappa shape index (κ1) is 35.5. The van der Waals surface area contributed by atoms with Gasteiger partial charge < -0.3 is 4.90 Å². The van der Waals surface area contributed by atoms with Crippen LogP contribution in [0.1, 0.15) is 0 Å². The highest BCUT2D eigenvalue weighted by atomic mass is 15.1. The number of fused-ring (bicyclic) bond motifs is 1. The third-order valence-corrected chi connectivity index (χ3v) is 10.9. The number of rotatable bonds is 9. The van der Waals surface area contributed by atoms with Crippen molar-refractivity contribution < 1.29 is 0 Å². The summed E-state index contributed by atoms with van der Waals surface area (Å²) in [7, 11) is 0. The fourth-order valence-electron chi connectivity index (χ4n) is 8.14. The van der Waals surface area contributed by atoms with E-state index in [2.05, 4.69) is 211 Å². The molecule has 1 aromatic heterocycles. The Morgan fingerprint density at radius 3 is 1.00 bits per heavy atom. The van der Waals surface area contributed by atoms with Crippen molar-refractivity contribution in [2.75, 3.05) is 4.90 Å². The van der Waals surface area contributed by atoms with Crippen LogP contribution in [0.15, 0.2) is 237 Å². The SMILES string of the molecule is c1ccc(-c2ccccc2-c2ccccc2N(c2ccc(-c3nc4ccccc4nc3-c3ccccc3)cc2)c2ccccc2-c2ccccc2-c2ccccc2)cc1. The average Bonchev–Trinajstić information content (AvgIpc) is 3.33. The lowest BCUT2D eigenvalue weighted by Crippen LogP contribution is -2.12. The van der Waals surface area contributed by atoms with Crippen molar-refractivity contribution in [1.82, 2.24) is 9.97 Å². The van der Waals surface area contributed by atoms with Crippen molar-refractivity contribution in [3.05, 3.63) is 237 Å². The van der Waals surface area contributed by atoms with E-state index in [1.807, 2.05) is 30.3 Å². The third kappa shape index (κ3) is 6.96. The average molecular weight is 754 g/mol. The van der Waals surface area contributed by atoms with Gasteiger partial charge in [-0.15, -0.1) is 0 Å². The van der Waals surface area contributed by atoms with E-state index in [1.165, 1.54) is 22.3 Å². The van der Waals surface area contributed by atoms with Gasteiger partial charge >= 0.3 is 0 Å². The lowest BCUT2D eigenvalue weighted by Gasteiger charge is -2.31. The molecule has 0 spiro atoms. The Morgan fingerprint density at radius 2 is 0.559 bits per heavy atom. The first-order valence-electron chi connectivity index (χ1n) is 20.0. The van der Waals surface area contributed by atoms with Crippen LogP contribution in [0.25, 0.3) is 78.1 Å². The Morgan fingerprint density at radius 1 is 0.237 bits per heavy atom. The predicted molar refractivity (Wildman–Crippen MR) is 247 cm³/mol. The summed E-state index contributed by atoms with van der Waals surface area (Å²) in [6.45, 7) is 0. The molecule has 0 aliphatic rings. The van der Waals surface area contributed by atoms with E-state index in [4.69, 9.17) is 9.97 Å². The van der Waals surface area contributed by atoms with Gasteiger partial charge in [-0.3, -0.25) is 0 Å². The molecule has 0 fully saturated rings. The van der Waals surface area contributed by atoms with Crippen LogP contribution in [0.5, 0.6) is 0 Å². The van der Waals surface area contributed by atoms with Crippen LogP contribution in [0, 0.1) is 0 Å². The summed E-state index contributed by atoms with van der Waals surface area (Å²) >= 11 is 0. The van der Waals surface area contributed by atoms with E-state index in [0.717, 1.165) is 72.9 Å². The monoisotopic (exact) mass is 753 g/mol. The summed E-state index contributed by atoms with van der Waals surface area (Å²) in [6.07, 6.45) is 0. The van der Waals surface area contributed by atoms with Crippen molar-refractivity contribution in [2.24, 2.45) is 0 Å². The van der Waals surface area contributed by atoms with Gasteiger partial charge in [-0.1, -0.05) is 200 Å². The molecule has 0 radical (unpaired) electrons. The van der Waals surface area contributed by atoms with E-state index in [1.54, 1.807) is 0 Å². The molecule has 0 saturated carbocycles. The Bertz CT molecular complexity index is 2910. The molecule has 3 nitrogen and oxygen atoms in total. The van der Waals surface area contributed by atoms with E-state index in [9.17, 15) is 0 Å². The lowest BCUT2D eigenvalue weighted by molar-refractivity contribution is 1.27.